The number of carbonyl (C=O) groups is 1. The maximum atomic E-state index is 11.4. The number of carbonyl (C=O) groups excluding carboxylic acids is 1. The van der Waals surface area contributed by atoms with E-state index in [1.54, 1.807) is 13.0 Å². The van der Waals surface area contributed by atoms with Crippen LogP contribution in [-0.4, -0.2) is 23.0 Å². The molecule has 1 aromatic carbocycles. The summed E-state index contributed by atoms with van der Waals surface area (Å²) in [6.07, 6.45) is 0. The number of benzene rings is 1. The quantitative estimate of drug-likeness (QED) is 0.740. The third-order valence-corrected chi connectivity index (χ3v) is 2.30. The zero-order valence-corrected chi connectivity index (χ0v) is 9.68. The monoisotopic (exact) mass is 228 g/mol. The molecule has 0 aliphatic heterocycles. The minimum atomic E-state index is -0.451. The van der Waals surface area contributed by atoms with Gasteiger partial charge in [-0.1, -0.05) is 30.3 Å². The van der Waals surface area contributed by atoms with Crippen LogP contribution in [0, 0.1) is 6.92 Å². The molecule has 2 aromatic rings. The second-order valence-corrected chi connectivity index (χ2v) is 3.54. The number of aryl methyl sites for hydroxylation is 1. The number of ether oxygens (including phenoxy) is 1. The molecule has 0 aliphatic rings. The van der Waals surface area contributed by atoms with Gasteiger partial charge in [-0.3, -0.25) is 0 Å². The Kier molecular flexibility index (Phi) is 3.14. The van der Waals surface area contributed by atoms with Gasteiger partial charge in [0.05, 0.1) is 12.8 Å². The van der Waals surface area contributed by atoms with Gasteiger partial charge in [0.25, 0.3) is 0 Å². The summed E-state index contributed by atoms with van der Waals surface area (Å²) in [4.78, 5) is 19.8. The van der Waals surface area contributed by atoms with E-state index < -0.39 is 5.97 Å². The van der Waals surface area contributed by atoms with Crippen molar-refractivity contribution in [3.8, 4) is 11.3 Å². The lowest BCUT2D eigenvalue weighted by molar-refractivity contribution is 0.0593. The van der Waals surface area contributed by atoms with Gasteiger partial charge in [0, 0.05) is 5.56 Å². The first kappa shape index (κ1) is 11.3. The average Bonchev–Trinajstić information content (AvgIpc) is 2.38. The Labute approximate surface area is 99.3 Å². The summed E-state index contributed by atoms with van der Waals surface area (Å²) in [6.45, 7) is 1.75. The smallest absolute Gasteiger partial charge is 0.356 e. The van der Waals surface area contributed by atoms with Crippen LogP contribution in [0.15, 0.2) is 36.4 Å². The summed E-state index contributed by atoms with van der Waals surface area (Å²) in [5.74, 6) is 0.0967. The Morgan fingerprint density at radius 1 is 1.18 bits per heavy atom. The van der Waals surface area contributed by atoms with Gasteiger partial charge in [0.15, 0.2) is 5.69 Å². The topological polar surface area (TPSA) is 52.1 Å². The van der Waals surface area contributed by atoms with Crippen molar-refractivity contribution in [3.63, 3.8) is 0 Å². The van der Waals surface area contributed by atoms with Crippen molar-refractivity contribution >= 4 is 5.97 Å². The Morgan fingerprint density at radius 2 is 1.88 bits per heavy atom. The molecule has 0 unspecified atom stereocenters. The third kappa shape index (κ3) is 2.47. The highest BCUT2D eigenvalue weighted by molar-refractivity contribution is 5.88. The number of nitrogens with zero attached hydrogens (tertiary/aromatic N) is 2. The van der Waals surface area contributed by atoms with E-state index in [4.69, 9.17) is 0 Å². The van der Waals surface area contributed by atoms with E-state index in [2.05, 4.69) is 14.7 Å². The summed E-state index contributed by atoms with van der Waals surface area (Å²) in [5.41, 5.74) is 1.94. The molecule has 0 fully saturated rings. The first-order valence-corrected chi connectivity index (χ1v) is 5.20. The molecule has 0 bridgehead atoms. The van der Waals surface area contributed by atoms with Crippen molar-refractivity contribution < 1.29 is 9.53 Å². The predicted octanol–water partition coefficient (Wildman–Crippen LogP) is 2.24. The third-order valence-electron chi connectivity index (χ3n) is 2.30. The van der Waals surface area contributed by atoms with Crippen LogP contribution in [0.3, 0.4) is 0 Å². The zero-order chi connectivity index (χ0) is 12.3. The Balaban J connectivity index is 2.49. The number of rotatable bonds is 2. The Hall–Kier alpha value is -2.23. The van der Waals surface area contributed by atoms with Crippen LogP contribution >= 0.6 is 0 Å². The van der Waals surface area contributed by atoms with E-state index in [-0.39, 0.29) is 5.69 Å². The summed E-state index contributed by atoms with van der Waals surface area (Å²) >= 11 is 0. The highest BCUT2D eigenvalue weighted by Gasteiger charge is 2.11. The molecule has 86 valence electrons. The first-order chi connectivity index (χ1) is 8.20. The number of hydrogen-bond donors (Lipinski definition) is 0. The lowest BCUT2D eigenvalue weighted by Crippen LogP contribution is -2.07. The fraction of sp³-hybridized carbons (Fsp3) is 0.154. The standard InChI is InChI=1S/C13H12N2O2/c1-9-14-11(10-6-4-3-5-7-10)8-12(15-9)13(16)17-2/h3-8H,1-2H3. The van der Waals surface area contributed by atoms with E-state index >= 15 is 0 Å². The van der Waals surface area contributed by atoms with E-state index in [0.717, 1.165) is 11.3 Å². The predicted molar refractivity (Wildman–Crippen MR) is 63.5 cm³/mol. The largest absolute Gasteiger partial charge is 0.464 e. The van der Waals surface area contributed by atoms with Crippen LogP contribution in [0.25, 0.3) is 11.3 Å². The lowest BCUT2D eigenvalue weighted by atomic mass is 10.1. The molecule has 0 spiro atoms. The molecule has 0 saturated heterocycles. The molecule has 0 radical (unpaired) electrons. The van der Waals surface area contributed by atoms with E-state index in [9.17, 15) is 4.79 Å². The van der Waals surface area contributed by atoms with Crippen molar-refractivity contribution in [2.75, 3.05) is 7.11 Å². The summed E-state index contributed by atoms with van der Waals surface area (Å²) in [6, 6.07) is 11.3. The van der Waals surface area contributed by atoms with Crippen molar-refractivity contribution in [1.82, 2.24) is 9.97 Å². The molecule has 1 aromatic heterocycles. The van der Waals surface area contributed by atoms with Crippen LogP contribution in [0.2, 0.25) is 0 Å². The second kappa shape index (κ2) is 4.74. The molecule has 1 heterocycles. The van der Waals surface area contributed by atoms with Crippen molar-refractivity contribution in [2.45, 2.75) is 6.92 Å². The highest BCUT2D eigenvalue weighted by atomic mass is 16.5. The molecular formula is C13H12N2O2. The van der Waals surface area contributed by atoms with Gasteiger partial charge in [-0.25, -0.2) is 14.8 Å². The van der Waals surface area contributed by atoms with Crippen molar-refractivity contribution in [1.29, 1.82) is 0 Å². The zero-order valence-electron chi connectivity index (χ0n) is 9.68. The molecule has 0 amide bonds. The number of aromatic nitrogens is 2. The van der Waals surface area contributed by atoms with Crippen LogP contribution in [-0.2, 0) is 4.74 Å². The molecule has 0 atom stereocenters. The number of methoxy groups -OCH3 is 1. The van der Waals surface area contributed by atoms with E-state index in [1.807, 2.05) is 30.3 Å². The fourth-order valence-corrected chi connectivity index (χ4v) is 1.53. The number of esters is 1. The van der Waals surface area contributed by atoms with Crippen molar-refractivity contribution in [3.05, 3.63) is 47.9 Å². The van der Waals surface area contributed by atoms with Gasteiger partial charge in [-0.2, -0.15) is 0 Å². The normalized spacial score (nSPS) is 10.0. The molecule has 0 aliphatic carbocycles. The maximum absolute atomic E-state index is 11.4. The van der Waals surface area contributed by atoms with Gasteiger partial charge >= 0.3 is 5.97 Å². The second-order valence-electron chi connectivity index (χ2n) is 3.54. The van der Waals surface area contributed by atoms with Gasteiger partial charge in [0.2, 0.25) is 0 Å². The average molecular weight is 228 g/mol. The summed E-state index contributed by atoms with van der Waals surface area (Å²) in [7, 11) is 1.34. The van der Waals surface area contributed by atoms with Crippen LogP contribution in [0.1, 0.15) is 16.3 Å². The fourth-order valence-electron chi connectivity index (χ4n) is 1.53. The summed E-state index contributed by atoms with van der Waals surface area (Å²) in [5, 5.41) is 0. The Bertz CT molecular complexity index is 538. The maximum Gasteiger partial charge on any atom is 0.356 e. The molecule has 2 rings (SSSR count). The Morgan fingerprint density at radius 3 is 2.53 bits per heavy atom. The van der Waals surface area contributed by atoms with E-state index in [0.29, 0.717) is 5.82 Å². The first-order valence-electron chi connectivity index (χ1n) is 5.20. The van der Waals surface area contributed by atoms with Gasteiger partial charge < -0.3 is 4.74 Å². The minimum absolute atomic E-state index is 0.277. The van der Waals surface area contributed by atoms with Gasteiger partial charge in [-0.05, 0) is 13.0 Å². The summed E-state index contributed by atoms with van der Waals surface area (Å²) < 4.78 is 4.65. The van der Waals surface area contributed by atoms with Crippen LogP contribution in [0.4, 0.5) is 0 Å². The lowest BCUT2D eigenvalue weighted by Gasteiger charge is -2.04. The van der Waals surface area contributed by atoms with Crippen molar-refractivity contribution in [2.24, 2.45) is 0 Å². The van der Waals surface area contributed by atoms with Crippen LogP contribution in [0.5, 0.6) is 0 Å². The molecule has 17 heavy (non-hydrogen) atoms. The SMILES string of the molecule is COC(=O)c1cc(-c2ccccc2)nc(C)n1. The molecule has 4 heteroatoms. The highest BCUT2D eigenvalue weighted by Crippen LogP contribution is 2.17. The molecule has 4 nitrogen and oxygen atoms in total. The molecular weight excluding hydrogens is 216 g/mol. The molecule has 0 saturated carbocycles. The minimum Gasteiger partial charge on any atom is -0.464 e. The van der Waals surface area contributed by atoms with Gasteiger partial charge in [0.1, 0.15) is 5.82 Å². The van der Waals surface area contributed by atoms with Crippen LogP contribution < -0.4 is 0 Å². The van der Waals surface area contributed by atoms with E-state index in [1.165, 1.54) is 7.11 Å². The van der Waals surface area contributed by atoms with Gasteiger partial charge in [-0.15, -0.1) is 0 Å². The number of hydrogen-bond acceptors (Lipinski definition) is 4. The molecule has 0 N–H and O–H groups in total.